The summed E-state index contributed by atoms with van der Waals surface area (Å²) in [4.78, 5) is 41.5. The Balaban J connectivity index is 1.40. The number of methoxy groups -OCH3 is 2. The average Bonchev–Trinajstić information content (AvgIpc) is 3.13. The number of nitrogens with zero attached hydrogens (tertiary/aromatic N) is 1. The predicted molar refractivity (Wildman–Crippen MR) is 181 cm³/mol. The van der Waals surface area contributed by atoms with Crippen molar-refractivity contribution in [1.29, 1.82) is 0 Å². The first-order valence-corrected chi connectivity index (χ1v) is 17.2. The van der Waals surface area contributed by atoms with Crippen molar-refractivity contribution in [2.45, 2.75) is 82.3 Å². The Morgan fingerprint density at radius 3 is 2.33 bits per heavy atom. The van der Waals surface area contributed by atoms with Gasteiger partial charge in [-0.25, -0.2) is 14.0 Å². The van der Waals surface area contributed by atoms with Gasteiger partial charge in [-0.15, -0.1) is 0 Å². The summed E-state index contributed by atoms with van der Waals surface area (Å²) in [7, 11) is 3.14. The fourth-order valence-corrected chi connectivity index (χ4v) is 7.20. The molecule has 3 aromatic rings. The van der Waals surface area contributed by atoms with Crippen LogP contribution >= 0.6 is 0 Å². The molecule has 1 N–H and O–H groups in total. The van der Waals surface area contributed by atoms with Crippen molar-refractivity contribution in [3.05, 3.63) is 89.2 Å². The molecule has 1 saturated heterocycles. The summed E-state index contributed by atoms with van der Waals surface area (Å²) >= 11 is 0. The SMILES string of the molecule is COc1ccc(CCC(OC(=O)C2CCCCN2C(=O)C(c2cccc(F)c2)C2CCCCC2)c2cccc(OCC(=O)O)c2)cc1OC. The lowest BCUT2D eigenvalue weighted by molar-refractivity contribution is -0.163. The molecule has 262 valence electrons. The first-order valence-electron chi connectivity index (χ1n) is 17.2. The van der Waals surface area contributed by atoms with Crippen LogP contribution in [-0.2, 0) is 25.5 Å². The summed E-state index contributed by atoms with van der Waals surface area (Å²) in [6, 6.07) is 18.0. The van der Waals surface area contributed by atoms with Gasteiger partial charge in [0.2, 0.25) is 5.91 Å². The zero-order valence-electron chi connectivity index (χ0n) is 28.3. The minimum atomic E-state index is -1.10. The highest BCUT2D eigenvalue weighted by atomic mass is 19.1. The van der Waals surface area contributed by atoms with Gasteiger partial charge in [-0.1, -0.05) is 49.6 Å². The number of carboxylic acid groups (broad SMARTS) is 1. The number of carbonyl (C=O) groups is 3. The van der Waals surface area contributed by atoms with E-state index < -0.39 is 36.6 Å². The molecular formula is C39H46FNO8. The molecule has 3 atom stereocenters. The van der Waals surface area contributed by atoms with Crippen LogP contribution in [0.2, 0.25) is 0 Å². The number of esters is 1. The second kappa shape index (κ2) is 17.2. The van der Waals surface area contributed by atoms with Crippen LogP contribution in [-0.4, -0.2) is 61.3 Å². The highest BCUT2D eigenvalue weighted by Gasteiger charge is 2.41. The van der Waals surface area contributed by atoms with Crippen molar-refractivity contribution in [2.75, 3.05) is 27.4 Å². The van der Waals surface area contributed by atoms with Crippen molar-refractivity contribution in [3.8, 4) is 17.2 Å². The molecule has 1 aliphatic carbocycles. The molecular weight excluding hydrogens is 629 g/mol. The van der Waals surface area contributed by atoms with Crippen LogP contribution in [0.3, 0.4) is 0 Å². The van der Waals surface area contributed by atoms with Crippen LogP contribution in [0.1, 0.15) is 86.5 Å². The lowest BCUT2D eigenvalue weighted by Crippen LogP contribution is -2.51. The maximum Gasteiger partial charge on any atom is 0.341 e. The van der Waals surface area contributed by atoms with Gasteiger partial charge in [0.15, 0.2) is 18.1 Å². The summed E-state index contributed by atoms with van der Waals surface area (Å²) in [5.74, 6) is -1.07. The van der Waals surface area contributed by atoms with Gasteiger partial charge in [0.25, 0.3) is 0 Å². The number of hydrogen-bond donors (Lipinski definition) is 1. The molecule has 1 saturated carbocycles. The normalized spacial score (nSPS) is 17.9. The van der Waals surface area contributed by atoms with E-state index in [1.54, 1.807) is 43.4 Å². The number of aliphatic carboxylic acids is 1. The van der Waals surface area contributed by atoms with E-state index in [4.69, 9.17) is 24.1 Å². The van der Waals surface area contributed by atoms with E-state index in [2.05, 4.69) is 0 Å². The second-order valence-corrected chi connectivity index (χ2v) is 12.9. The number of carbonyl (C=O) groups excluding carboxylic acids is 2. The molecule has 1 aliphatic heterocycles. The highest BCUT2D eigenvalue weighted by Crippen LogP contribution is 2.39. The number of aryl methyl sites for hydroxylation is 1. The molecule has 10 heteroatoms. The zero-order valence-corrected chi connectivity index (χ0v) is 28.3. The van der Waals surface area contributed by atoms with E-state index in [9.17, 15) is 18.8 Å². The van der Waals surface area contributed by atoms with E-state index in [-0.39, 0.29) is 17.6 Å². The number of likely N-dealkylation sites (tertiary alicyclic amines) is 1. The van der Waals surface area contributed by atoms with E-state index in [1.807, 2.05) is 30.3 Å². The van der Waals surface area contributed by atoms with Crippen LogP contribution in [0, 0.1) is 11.7 Å². The number of amides is 1. The predicted octanol–water partition coefficient (Wildman–Crippen LogP) is 7.27. The van der Waals surface area contributed by atoms with Gasteiger partial charge in [0.1, 0.15) is 23.7 Å². The number of benzene rings is 3. The number of rotatable bonds is 14. The number of hydrogen-bond acceptors (Lipinski definition) is 7. The molecule has 9 nitrogen and oxygen atoms in total. The Bertz CT molecular complexity index is 1590. The third kappa shape index (κ3) is 9.31. The van der Waals surface area contributed by atoms with Crippen molar-refractivity contribution >= 4 is 17.8 Å². The molecule has 2 fully saturated rings. The smallest absolute Gasteiger partial charge is 0.341 e. The van der Waals surface area contributed by atoms with Crippen molar-refractivity contribution in [3.63, 3.8) is 0 Å². The maximum absolute atomic E-state index is 14.5. The van der Waals surface area contributed by atoms with Crippen LogP contribution in [0.25, 0.3) is 0 Å². The van der Waals surface area contributed by atoms with Gasteiger partial charge in [0, 0.05) is 6.54 Å². The molecule has 2 aliphatic rings. The molecule has 1 amide bonds. The summed E-state index contributed by atoms with van der Waals surface area (Å²) < 4.78 is 37.0. The molecule has 0 aromatic heterocycles. The summed E-state index contributed by atoms with van der Waals surface area (Å²) in [6.45, 7) is -0.0852. The van der Waals surface area contributed by atoms with E-state index in [1.165, 1.54) is 12.1 Å². The Hall–Kier alpha value is -4.60. The van der Waals surface area contributed by atoms with Gasteiger partial charge < -0.3 is 29.0 Å². The average molecular weight is 676 g/mol. The largest absolute Gasteiger partial charge is 0.493 e. The third-order valence-corrected chi connectivity index (χ3v) is 9.65. The molecule has 1 heterocycles. The Morgan fingerprint density at radius 2 is 1.59 bits per heavy atom. The monoisotopic (exact) mass is 675 g/mol. The molecule has 49 heavy (non-hydrogen) atoms. The minimum absolute atomic E-state index is 0.0735. The summed E-state index contributed by atoms with van der Waals surface area (Å²) in [6.07, 6.45) is 7.13. The minimum Gasteiger partial charge on any atom is -0.493 e. The number of piperidine rings is 1. The highest BCUT2D eigenvalue weighted by molar-refractivity contribution is 5.89. The Morgan fingerprint density at radius 1 is 0.857 bits per heavy atom. The number of carboxylic acids is 1. The lowest BCUT2D eigenvalue weighted by atomic mass is 9.75. The first-order chi connectivity index (χ1) is 23.8. The van der Waals surface area contributed by atoms with E-state index in [0.717, 1.165) is 50.5 Å². The maximum atomic E-state index is 14.5. The first kappa shape index (κ1) is 35.7. The Labute approximate surface area is 287 Å². The summed E-state index contributed by atoms with van der Waals surface area (Å²) in [5.41, 5.74) is 2.24. The summed E-state index contributed by atoms with van der Waals surface area (Å²) in [5, 5.41) is 9.12. The standard InChI is InChI=1S/C39H46FNO8/c1-46-34-20-18-26(22-35(34)47-2)17-19-33(28-12-9-15-31(24-28)48-25-36(42)43)49-39(45)32-16-6-7-21-41(32)38(44)37(27-10-4-3-5-11-27)29-13-8-14-30(40)23-29/h8-9,12-15,18,20,22-24,27,32-33,37H,3-7,10-11,16-17,19,21,25H2,1-2H3,(H,42,43). The van der Waals surface area contributed by atoms with E-state index in [0.29, 0.717) is 54.2 Å². The van der Waals surface area contributed by atoms with Gasteiger partial charge >= 0.3 is 11.9 Å². The van der Waals surface area contributed by atoms with Gasteiger partial charge in [-0.2, -0.15) is 0 Å². The van der Waals surface area contributed by atoms with Gasteiger partial charge in [-0.3, -0.25) is 4.79 Å². The zero-order chi connectivity index (χ0) is 34.8. The van der Waals surface area contributed by atoms with E-state index >= 15 is 0 Å². The topological polar surface area (TPSA) is 112 Å². The number of ether oxygens (including phenoxy) is 4. The Kier molecular flexibility index (Phi) is 12.5. The number of halogens is 1. The quantitative estimate of drug-likeness (QED) is 0.178. The molecule has 0 radical (unpaired) electrons. The van der Waals surface area contributed by atoms with Crippen LogP contribution in [0.4, 0.5) is 4.39 Å². The third-order valence-electron chi connectivity index (χ3n) is 9.65. The molecule has 3 aromatic carbocycles. The van der Waals surface area contributed by atoms with Gasteiger partial charge in [-0.05, 0) is 104 Å². The van der Waals surface area contributed by atoms with Crippen LogP contribution in [0.15, 0.2) is 66.7 Å². The van der Waals surface area contributed by atoms with Crippen molar-refractivity contribution in [1.82, 2.24) is 4.90 Å². The van der Waals surface area contributed by atoms with Crippen LogP contribution in [0.5, 0.6) is 17.2 Å². The molecule has 5 rings (SSSR count). The fraction of sp³-hybridized carbons (Fsp3) is 0.462. The molecule has 3 unspecified atom stereocenters. The molecule has 0 spiro atoms. The van der Waals surface area contributed by atoms with Crippen LogP contribution < -0.4 is 14.2 Å². The fourth-order valence-electron chi connectivity index (χ4n) is 7.20. The van der Waals surface area contributed by atoms with Crippen molar-refractivity contribution in [2.24, 2.45) is 5.92 Å². The lowest BCUT2D eigenvalue weighted by Gasteiger charge is -2.39. The second-order valence-electron chi connectivity index (χ2n) is 12.9. The van der Waals surface area contributed by atoms with Gasteiger partial charge in [0.05, 0.1) is 20.1 Å². The molecule has 0 bridgehead atoms. The van der Waals surface area contributed by atoms with Crippen molar-refractivity contribution < 1.29 is 42.8 Å².